The highest BCUT2D eigenvalue weighted by atomic mass is 14.6. The average molecular weight is 168 g/mol. The Balaban J connectivity index is 2.55. The molecular weight excluding hydrogens is 144 g/mol. The number of hydrogen-bond donors (Lipinski definition) is 0. The zero-order chi connectivity index (χ0) is 9.35. The lowest BCUT2D eigenvalue weighted by Crippen LogP contribution is -2.14. The third-order valence-corrected chi connectivity index (χ3v) is 3.85. The quantitative estimate of drug-likeness (QED) is 0.592. The van der Waals surface area contributed by atoms with Crippen LogP contribution < -0.4 is 0 Å². The van der Waals surface area contributed by atoms with E-state index in [0.717, 1.165) is 23.2 Å². The van der Waals surface area contributed by atoms with Crippen LogP contribution in [0.15, 0.2) is 0 Å². The molecule has 1 aliphatic rings. The molecule has 0 bridgehead atoms. The molecule has 72 valence electrons. The van der Waals surface area contributed by atoms with Crippen molar-refractivity contribution in [3.63, 3.8) is 0 Å². The van der Waals surface area contributed by atoms with Gasteiger partial charge in [0.25, 0.3) is 0 Å². The molecule has 1 aliphatic carbocycles. The molecule has 0 amide bonds. The SMILES string of the molecule is CCCC1(C(C)C)CC1C(C)C. The molecule has 12 heavy (non-hydrogen) atoms. The maximum absolute atomic E-state index is 2.40. The molecule has 2 unspecified atom stereocenters. The van der Waals surface area contributed by atoms with E-state index in [0.29, 0.717) is 0 Å². The van der Waals surface area contributed by atoms with Gasteiger partial charge in [0.15, 0.2) is 0 Å². The molecule has 0 saturated heterocycles. The minimum absolute atomic E-state index is 0.739. The molecule has 0 radical (unpaired) electrons. The third-order valence-electron chi connectivity index (χ3n) is 3.85. The highest BCUT2D eigenvalue weighted by Gasteiger charge is 2.55. The Hall–Kier alpha value is 0. The second-order valence-corrected chi connectivity index (χ2v) is 5.19. The Morgan fingerprint density at radius 3 is 2.08 bits per heavy atom. The molecule has 0 aromatic carbocycles. The van der Waals surface area contributed by atoms with Gasteiger partial charge in [0.1, 0.15) is 0 Å². The van der Waals surface area contributed by atoms with Crippen molar-refractivity contribution in [3.05, 3.63) is 0 Å². The van der Waals surface area contributed by atoms with Gasteiger partial charge in [-0.2, -0.15) is 0 Å². The summed E-state index contributed by atoms with van der Waals surface area (Å²) >= 11 is 0. The summed E-state index contributed by atoms with van der Waals surface area (Å²) in [4.78, 5) is 0. The first kappa shape index (κ1) is 10.1. The lowest BCUT2D eigenvalue weighted by Gasteiger charge is -2.22. The fourth-order valence-electron chi connectivity index (χ4n) is 2.96. The highest BCUT2D eigenvalue weighted by Crippen LogP contribution is 2.63. The van der Waals surface area contributed by atoms with Crippen molar-refractivity contribution in [1.29, 1.82) is 0 Å². The summed E-state index contributed by atoms with van der Waals surface area (Å²) in [5, 5.41) is 0. The first-order valence-corrected chi connectivity index (χ1v) is 5.54. The minimum atomic E-state index is 0.739. The van der Waals surface area contributed by atoms with E-state index < -0.39 is 0 Å². The van der Waals surface area contributed by atoms with Crippen LogP contribution in [0.4, 0.5) is 0 Å². The van der Waals surface area contributed by atoms with Crippen LogP contribution in [0, 0.1) is 23.2 Å². The summed E-state index contributed by atoms with van der Waals surface area (Å²) in [6.45, 7) is 11.9. The fourth-order valence-corrected chi connectivity index (χ4v) is 2.96. The first-order chi connectivity index (χ1) is 5.54. The predicted octanol–water partition coefficient (Wildman–Crippen LogP) is 4.10. The monoisotopic (exact) mass is 168 g/mol. The molecule has 0 aromatic heterocycles. The van der Waals surface area contributed by atoms with Crippen LogP contribution in [0.2, 0.25) is 0 Å². The topological polar surface area (TPSA) is 0 Å². The van der Waals surface area contributed by atoms with Gasteiger partial charge < -0.3 is 0 Å². The molecular formula is C12H24. The van der Waals surface area contributed by atoms with Crippen molar-refractivity contribution in [2.45, 2.75) is 53.9 Å². The summed E-state index contributed by atoms with van der Waals surface area (Å²) in [7, 11) is 0. The van der Waals surface area contributed by atoms with Gasteiger partial charge in [0.05, 0.1) is 0 Å². The fraction of sp³-hybridized carbons (Fsp3) is 1.00. The molecule has 0 spiro atoms. The number of hydrogen-bond acceptors (Lipinski definition) is 0. The maximum Gasteiger partial charge on any atom is -0.0241 e. The average Bonchev–Trinajstić information content (AvgIpc) is 2.65. The second kappa shape index (κ2) is 3.40. The van der Waals surface area contributed by atoms with E-state index in [-0.39, 0.29) is 0 Å². The van der Waals surface area contributed by atoms with Gasteiger partial charge in [-0.1, -0.05) is 41.0 Å². The Morgan fingerprint density at radius 1 is 1.25 bits per heavy atom. The zero-order valence-corrected chi connectivity index (χ0v) is 9.35. The molecule has 1 rings (SSSR count). The highest BCUT2D eigenvalue weighted by molar-refractivity contribution is 5.04. The van der Waals surface area contributed by atoms with Crippen LogP contribution in [0.1, 0.15) is 53.9 Å². The lowest BCUT2D eigenvalue weighted by molar-refractivity contribution is 0.271. The van der Waals surface area contributed by atoms with Crippen LogP contribution in [0.3, 0.4) is 0 Å². The van der Waals surface area contributed by atoms with Crippen LogP contribution in [0.25, 0.3) is 0 Å². The Kier molecular flexibility index (Phi) is 2.85. The van der Waals surface area contributed by atoms with E-state index >= 15 is 0 Å². The first-order valence-electron chi connectivity index (χ1n) is 5.54. The number of rotatable bonds is 4. The normalized spacial score (nSPS) is 34.8. The molecule has 1 saturated carbocycles. The maximum atomic E-state index is 2.40. The van der Waals surface area contributed by atoms with Crippen molar-refractivity contribution in [3.8, 4) is 0 Å². The van der Waals surface area contributed by atoms with Crippen LogP contribution in [-0.2, 0) is 0 Å². The van der Waals surface area contributed by atoms with Gasteiger partial charge in [-0.05, 0) is 36.0 Å². The van der Waals surface area contributed by atoms with E-state index in [1.165, 1.54) is 19.3 Å². The molecule has 0 aliphatic heterocycles. The Bertz CT molecular complexity index is 146. The summed E-state index contributed by atoms with van der Waals surface area (Å²) in [6, 6.07) is 0. The van der Waals surface area contributed by atoms with Crippen molar-refractivity contribution in [2.75, 3.05) is 0 Å². The van der Waals surface area contributed by atoms with Gasteiger partial charge in [-0.25, -0.2) is 0 Å². The molecule has 2 atom stereocenters. The van der Waals surface area contributed by atoms with Gasteiger partial charge >= 0.3 is 0 Å². The van der Waals surface area contributed by atoms with Gasteiger partial charge in [-0.3, -0.25) is 0 Å². The third kappa shape index (κ3) is 1.53. The molecule has 0 N–H and O–H groups in total. The van der Waals surface area contributed by atoms with Gasteiger partial charge in [0, 0.05) is 0 Å². The zero-order valence-electron chi connectivity index (χ0n) is 9.35. The smallest absolute Gasteiger partial charge is 0.0241 e. The molecule has 0 heterocycles. The summed E-state index contributed by atoms with van der Waals surface area (Å²) in [5.41, 5.74) is 0.739. The Morgan fingerprint density at radius 2 is 1.83 bits per heavy atom. The van der Waals surface area contributed by atoms with E-state index in [9.17, 15) is 0 Å². The Labute approximate surface area is 77.7 Å². The van der Waals surface area contributed by atoms with Crippen LogP contribution >= 0.6 is 0 Å². The van der Waals surface area contributed by atoms with Crippen molar-refractivity contribution in [1.82, 2.24) is 0 Å². The standard InChI is InChI=1S/C12H24/c1-6-7-12(10(4)5)8-11(12)9(2)3/h9-11H,6-8H2,1-5H3. The summed E-state index contributed by atoms with van der Waals surface area (Å²) < 4.78 is 0. The van der Waals surface area contributed by atoms with E-state index in [1.807, 2.05) is 0 Å². The van der Waals surface area contributed by atoms with Crippen LogP contribution in [0.5, 0.6) is 0 Å². The van der Waals surface area contributed by atoms with E-state index in [2.05, 4.69) is 34.6 Å². The largest absolute Gasteiger partial charge is 0.0654 e. The summed E-state index contributed by atoms with van der Waals surface area (Å²) in [5.74, 6) is 2.82. The van der Waals surface area contributed by atoms with Gasteiger partial charge in [-0.15, -0.1) is 0 Å². The van der Waals surface area contributed by atoms with Crippen molar-refractivity contribution < 1.29 is 0 Å². The molecule has 0 nitrogen and oxygen atoms in total. The summed E-state index contributed by atoms with van der Waals surface area (Å²) in [6.07, 6.45) is 4.31. The van der Waals surface area contributed by atoms with Gasteiger partial charge in [0.2, 0.25) is 0 Å². The van der Waals surface area contributed by atoms with Crippen molar-refractivity contribution in [2.24, 2.45) is 23.2 Å². The molecule has 0 aromatic rings. The van der Waals surface area contributed by atoms with E-state index in [1.54, 1.807) is 0 Å². The second-order valence-electron chi connectivity index (χ2n) is 5.19. The lowest BCUT2D eigenvalue weighted by atomic mass is 9.83. The van der Waals surface area contributed by atoms with Crippen molar-refractivity contribution >= 4 is 0 Å². The van der Waals surface area contributed by atoms with E-state index in [4.69, 9.17) is 0 Å². The molecule has 1 fully saturated rings. The predicted molar refractivity (Wildman–Crippen MR) is 55.1 cm³/mol. The minimum Gasteiger partial charge on any atom is -0.0654 e. The van der Waals surface area contributed by atoms with Crippen LogP contribution in [-0.4, -0.2) is 0 Å². The molecule has 0 heteroatoms.